The first-order valence-electron chi connectivity index (χ1n) is 11.5. The van der Waals surface area contributed by atoms with E-state index in [-0.39, 0.29) is 36.2 Å². The van der Waals surface area contributed by atoms with Crippen molar-refractivity contribution in [3.05, 3.63) is 63.6 Å². The van der Waals surface area contributed by atoms with E-state index in [0.29, 0.717) is 36.5 Å². The molecule has 1 fully saturated rings. The van der Waals surface area contributed by atoms with Gasteiger partial charge in [-0.2, -0.15) is 0 Å². The second-order valence-corrected chi connectivity index (χ2v) is 8.92. The summed E-state index contributed by atoms with van der Waals surface area (Å²) < 4.78 is 46.6. The Morgan fingerprint density at radius 3 is 2.81 bits per heavy atom. The number of fused-ring (bicyclic) bond motifs is 3. The lowest BCUT2D eigenvalue weighted by atomic mass is 10.0. The van der Waals surface area contributed by atoms with Gasteiger partial charge in [0.1, 0.15) is 23.1 Å². The monoisotopic (exact) mass is 497 g/mol. The number of rotatable bonds is 5. The number of carbonyl (C=O) groups is 1. The number of aromatic nitrogens is 2. The molecule has 0 unspecified atom stereocenters. The van der Waals surface area contributed by atoms with Gasteiger partial charge in [-0.3, -0.25) is 4.79 Å². The Morgan fingerprint density at radius 1 is 1.36 bits per heavy atom. The van der Waals surface area contributed by atoms with Crippen molar-refractivity contribution < 1.29 is 27.8 Å². The number of ether oxygens (including phenoxy) is 3. The summed E-state index contributed by atoms with van der Waals surface area (Å²) in [6, 6.07) is 2.89. The summed E-state index contributed by atoms with van der Waals surface area (Å²) in [5, 5.41) is 0. The normalized spacial score (nSPS) is 21.4. The van der Waals surface area contributed by atoms with Gasteiger partial charge in [0, 0.05) is 30.4 Å². The Kier molecular flexibility index (Phi) is 6.34. The molecule has 0 radical (unpaired) electrons. The molecular formula is C25H25F2N5O4. The molecule has 0 bridgehead atoms. The van der Waals surface area contributed by atoms with E-state index < -0.39 is 29.7 Å². The van der Waals surface area contributed by atoms with Crippen LogP contribution >= 0.6 is 0 Å². The number of halogens is 2. The van der Waals surface area contributed by atoms with Crippen molar-refractivity contribution in [2.45, 2.75) is 44.7 Å². The molecule has 2 aromatic heterocycles. The summed E-state index contributed by atoms with van der Waals surface area (Å²) in [5.41, 5.74) is 8.59. The van der Waals surface area contributed by atoms with Gasteiger partial charge >= 0.3 is 0 Å². The van der Waals surface area contributed by atoms with Crippen molar-refractivity contribution >= 4 is 28.4 Å². The SMILES string of the molecule is [C-]#[N+]c1cc(F)c(CN(C(=O)c2cc3nc(N)c4c(c3[nH]2)CO[C@@H]4C)[C@@H]2COCC[C@H]2OC)c(F)c1. The zero-order valence-corrected chi connectivity index (χ0v) is 19.8. The van der Waals surface area contributed by atoms with E-state index in [1.807, 2.05) is 6.92 Å². The number of hydrogen-bond donors (Lipinski definition) is 2. The van der Waals surface area contributed by atoms with E-state index in [4.69, 9.17) is 26.5 Å². The van der Waals surface area contributed by atoms with Crippen LogP contribution in [0.4, 0.5) is 20.3 Å². The maximum atomic E-state index is 14.8. The van der Waals surface area contributed by atoms with Crippen LogP contribution in [-0.2, 0) is 27.4 Å². The summed E-state index contributed by atoms with van der Waals surface area (Å²) >= 11 is 0. The molecule has 3 N–H and O–H groups in total. The number of benzene rings is 1. The Hall–Kier alpha value is -3.59. The van der Waals surface area contributed by atoms with Gasteiger partial charge in [0.2, 0.25) is 0 Å². The second kappa shape index (κ2) is 9.46. The number of anilines is 1. The van der Waals surface area contributed by atoms with Crippen LogP contribution in [0, 0.1) is 18.2 Å². The highest BCUT2D eigenvalue weighted by Crippen LogP contribution is 2.38. The first kappa shape index (κ1) is 24.1. The highest BCUT2D eigenvalue weighted by Gasteiger charge is 2.36. The van der Waals surface area contributed by atoms with Gasteiger partial charge in [0.25, 0.3) is 5.91 Å². The average Bonchev–Trinajstić information content (AvgIpc) is 3.47. The predicted octanol–water partition coefficient (Wildman–Crippen LogP) is 4.01. The molecule has 11 heteroatoms. The average molecular weight is 498 g/mol. The van der Waals surface area contributed by atoms with Crippen molar-refractivity contribution in [3.63, 3.8) is 0 Å². The van der Waals surface area contributed by atoms with Crippen LogP contribution in [0.15, 0.2) is 18.2 Å². The molecule has 1 amide bonds. The van der Waals surface area contributed by atoms with Gasteiger partial charge in [0.05, 0.1) is 55.6 Å². The quantitative estimate of drug-likeness (QED) is 0.516. The van der Waals surface area contributed by atoms with Crippen molar-refractivity contribution in [1.82, 2.24) is 14.9 Å². The van der Waals surface area contributed by atoms with Crippen LogP contribution in [0.2, 0.25) is 0 Å². The summed E-state index contributed by atoms with van der Waals surface area (Å²) in [6.07, 6.45) is -0.102. The fraction of sp³-hybridized carbons (Fsp3) is 0.400. The van der Waals surface area contributed by atoms with Crippen LogP contribution in [0.25, 0.3) is 15.9 Å². The molecule has 188 valence electrons. The number of methoxy groups -OCH3 is 1. The van der Waals surface area contributed by atoms with Gasteiger partial charge in [-0.15, -0.1) is 0 Å². The summed E-state index contributed by atoms with van der Waals surface area (Å²) in [5.74, 6) is -1.97. The van der Waals surface area contributed by atoms with Gasteiger partial charge in [-0.1, -0.05) is 0 Å². The lowest BCUT2D eigenvalue weighted by Gasteiger charge is -2.39. The largest absolute Gasteiger partial charge is 0.383 e. The first-order valence-corrected chi connectivity index (χ1v) is 11.5. The number of carbonyl (C=O) groups excluding carboxylic acids is 1. The van der Waals surface area contributed by atoms with Gasteiger partial charge in [-0.05, 0) is 31.5 Å². The Labute approximate surface area is 206 Å². The van der Waals surface area contributed by atoms with E-state index in [0.717, 1.165) is 23.3 Å². The minimum atomic E-state index is -0.903. The number of nitrogens with zero attached hydrogens (tertiary/aromatic N) is 3. The maximum absolute atomic E-state index is 14.8. The third kappa shape index (κ3) is 4.07. The van der Waals surface area contributed by atoms with E-state index in [1.165, 1.54) is 12.0 Å². The molecule has 4 heterocycles. The van der Waals surface area contributed by atoms with E-state index in [1.54, 1.807) is 6.07 Å². The molecule has 0 aliphatic carbocycles. The topological polar surface area (TPSA) is 107 Å². The standard InChI is InChI=1S/C25H25F2N5O4/c1-12-22-15(10-36-12)23-18(31-24(22)28)8-19(30-23)25(33)32(20-11-35-5-4-21(20)34-3)9-14-16(26)6-13(29-2)7-17(14)27/h6-8,12,20-21,30H,4-5,9-11H2,1,3H3,(H2,28,31)/t12-,20-,21-/m1/s1. The molecule has 9 nitrogen and oxygen atoms in total. The van der Waals surface area contributed by atoms with Crippen LogP contribution in [0.1, 0.15) is 46.6 Å². The van der Waals surface area contributed by atoms with Crippen LogP contribution in [-0.4, -0.2) is 53.2 Å². The molecular weight excluding hydrogens is 472 g/mol. The smallest absolute Gasteiger partial charge is 0.271 e. The number of amides is 1. The van der Waals surface area contributed by atoms with Crippen LogP contribution in [0.5, 0.6) is 0 Å². The summed E-state index contributed by atoms with van der Waals surface area (Å²) in [4.78, 5) is 25.9. The number of aromatic amines is 1. The number of pyridine rings is 1. The maximum Gasteiger partial charge on any atom is 0.271 e. The third-order valence-electron chi connectivity index (χ3n) is 6.87. The molecule has 3 aromatic rings. The third-order valence-corrected chi connectivity index (χ3v) is 6.87. The van der Waals surface area contributed by atoms with Gasteiger partial charge in [-0.25, -0.2) is 18.6 Å². The Bertz CT molecular complexity index is 1360. The lowest BCUT2D eigenvalue weighted by Crippen LogP contribution is -2.52. The van der Waals surface area contributed by atoms with E-state index in [9.17, 15) is 13.6 Å². The molecule has 0 spiro atoms. The molecule has 5 rings (SSSR count). The van der Waals surface area contributed by atoms with Crippen molar-refractivity contribution in [2.24, 2.45) is 0 Å². The summed E-state index contributed by atoms with van der Waals surface area (Å²) in [7, 11) is 1.53. The van der Waals surface area contributed by atoms with Crippen LogP contribution < -0.4 is 5.73 Å². The zero-order valence-electron chi connectivity index (χ0n) is 19.8. The lowest BCUT2D eigenvalue weighted by molar-refractivity contribution is -0.0717. The molecule has 36 heavy (non-hydrogen) atoms. The van der Waals surface area contributed by atoms with Crippen molar-refractivity contribution in [3.8, 4) is 0 Å². The zero-order chi connectivity index (χ0) is 25.6. The highest BCUT2D eigenvalue weighted by atomic mass is 19.1. The number of nitrogen functional groups attached to an aromatic ring is 1. The fourth-order valence-corrected chi connectivity index (χ4v) is 4.99. The molecule has 1 aromatic carbocycles. The fourth-order valence-electron chi connectivity index (χ4n) is 4.99. The highest BCUT2D eigenvalue weighted by molar-refractivity contribution is 5.98. The minimum Gasteiger partial charge on any atom is -0.383 e. The molecule has 0 saturated carbocycles. The number of nitrogens with one attached hydrogen (secondary N) is 1. The Morgan fingerprint density at radius 2 is 2.11 bits per heavy atom. The molecule has 1 saturated heterocycles. The van der Waals surface area contributed by atoms with Gasteiger partial charge in [0.15, 0.2) is 5.69 Å². The second-order valence-electron chi connectivity index (χ2n) is 8.92. The molecule has 2 aliphatic heterocycles. The minimum absolute atomic E-state index is 0.139. The Balaban J connectivity index is 1.57. The molecule has 2 aliphatic rings. The van der Waals surface area contributed by atoms with Gasteiger partial charge < -0.3 is 29.8 Å². The first-order chi connectivity index (χ1) is 17.3. The number of nitrogens with two attached hydrogens (primary N) is 1. The number of H-pyrrole nitrogens is 1. The van der Waals surface area contributed by atoms with Crippen molar-refractivity contribution in [1.29, 1.82) is 0 Å². The van der Waals surface area contributed by atoms with Crippen LogP contribution in [0.3, 0.4) is 0 Å². The van der Waals surface area contributed by atoms with Crippen molar-refractivity contribution in [2.75, 3.05) is 26.1 Å². The van der Waals surface area contributed by atoms with E-state index in [2.05, 4.69) is 14.8 Å². The van der Waals surface area contributed by atoms with E-state index >= 15 is 0 Å². The number of hydrogen-bond acceptors (Lipinski definition) is 6. The summed E-state index contributed by atoms with van der Waals surface area (Å²) in [6.45, 7) is 9.44. The molecule has 3 atom stereocenters. The predicted molar refractivity (Wildman–Crippen MR) is 126 cm³/mol.